The van der Waals surface area contributed by atoms with Crippen LogP contribution in [0.2, 0.25) is 5.02 Å². The second-order valence-electron chi connectivity index (χ2n) is 5.82. The SMILES string of the molecule is O=C(Nc1ncc(C(F)(F)F)s1)C1CC(=O)N(Cc2ccc(Cl)cc2)C1. The number of thiazole rings is 1. The van der Waals surface area contributed by atoms with Crippen molar-refractivity contribution >= 4 is 39.9 Å². The topological polar surface area (TPSA) is 62.3 Å². The molecule has 26 heavy (non-hydrogen) atoms. The van der Waals surface area contributed by atoms with E-state index in [1.807, 2.05) is 0 Å². The highest BCUT2D eigenvalue weighted by atomic mass is 35.5. The Bertz CT molecular complexity index is 823. The predicted octanol–water partition coefficient (Wildman–Crippen LogP) is 3.80. The quantitative estimate of drug-likeness (QED) is 0.844. The molecule has 1 fully saturated rings. The minimum absolute atomic E-state index is 0.0108. The van der Waals surface area contributed by atoms with Crippen LogP contribution < -0.4 is 5.32 Å². The van der Waals surface area contributed by atoms with E-state index in [2.05, 4.69) is 10.3 Å². The fourth-order valence-electron chi connectivity index (χ4n) is 2.58. The molecule has 1 N–H and O–H groups in total. The van der Waals surface area contributed by atoms with Crippen LogP contribution in [-0.2, 0) is 22.3 Å². The lowest BCUT2D eigenvalue weighted by atomic mass is 10.1. The highest BCUT2D eigenvalue weighted by Gasteiger charge is 2.36. The number of aromatic nitrogens is 1. The van der Waals surface area contributed by atoms with Crippen LogP contribution in [0.25, 0.3) is 0 Å². The molecule has 2 amide bonds. The van der Waals surface area contributed by atoms with E-state index in [9.17, 15) is 22.8 Å². The molecule has 2 aromatic rings. The van der Waals surface area contributed by atoms with Crippen molar-refractivity contribution in [2.24, 2.45) is 5.92 Å². The number of alkyl halides is 3. The fourth-order valence-corrected chi connectivity index (χ4v) is 3.39. The van der Waals surface area contributed by atoms with Gasteiger partial charge in [0.15, 0.2) is 5.13 Å². The summed E-state index contributed by atoms with van der Waals surface area (Å²) in [6.07, 6.45) is -3.82. The molecule has 0 spiro atoms. The van der Waals surface area contributed by atoms with E-state index in [0.717, 1.165) is 5.56 Å². The van der Waals surface area contributed by atoms with Gasteiger partial charge in [-0.15, -0.1) is 0 Å². The summed E-state index contributed by atoms with van der Waals surface area (Å²) in [5.74, 6) is -1.33. The Kier molecular flexibility index (Phi) is 5.19. The van der Waals surface area contributed by atoms with Gasteiger partial charge in [0.2, 0.25) is 11.8 Å². The number of carbonyl (C=O) groups excluding carboxylic acids is 2. The van der Waals surface area contributed by atoms with Crippen LogP contribution in [0, 0.1) is 5.92 Å². The predicted molar refractivity (Wildman–Crippen MR) is 90.7 cm³/mol. The molecule has 0 radical (unpaired) electrons. The number of anilines is 1. The van der Waals surface area contributed by atoms with Crippen LogP contribution in [0.4, 0.5) is 18.3 Å². The first-order valence-electron chi connectivity index (χ1n) is 7.58. The third-order valence-electron chi connectivity index (χ3n) is 3.89. The largest absolute Gasteiger partial charge is 0.427 e. The zero-order chi connectivity index (χ0) is 18.9. The molecule has 1 aromatic carbocycles. The monoisotopic (exact) mass is 403 g/mol. The smallest absolute Gasteiger partial charge is 0.338 e. The number of nitrogens with one attached hydrogen (secondary N) is 1. The van der Waals surface area contributed by atoms with Crippen LogP contribution in [0.5, 0.6) is 0 Å². The number of likely N-dealkylation sites (tertiary alicyclic amines) is 1. The standard InChI is InChI=1S/C16H13ClF3N3O2S/c17-11-3-1-9(2-4-11)7-23-8-10(5-13(23)24)14(25)22-15-21-6-12(26-15)16(18,19)20/h1-4,6,10H,5,7-8H2,(H,21,22,25). The van der Waals surface area contributed by atoms with Gasteiger partial charge in [0, 0.05) is 24.5 Å². The number of hydrogen-bond acceptors (Lipinski definition) is 4. The Labute approximate surface area is 155 Å². The van der Waals surface area contributed by atoms with Crippen molar-refractivity contribution in [3.8, 4) is 0 Å². The number of nitrogens with zero attached hydrogens (tertiary/aromatic N) is 2. The first-order valence-corrected chi connectivity index (χ1v) is 8.78. The van der Waals surface area contributed by atoms with Gasteiger partial charge in [0.25, 0.3) is 0 Å². The minimum atomic E-state index is -4.50. The van der Waals surface area contributed by atoms with Gasteiger partial charge in [-0.1, -0.05) is 35.1 Å². The first kappa shape index (κ1) is 18.7. The molecule has 138 valence electrons. The summed E-state index contributed by atoms with van der Waals surface area (Å²) in [4.78, 5) is 28.6. The second-order valence-corrected chi connectivity index (χ2v) is 7.29. The third-order valence-corrected chi connectivity index (χ3v) is 5.10. The zero-order valence-corrected chi connectivity index (χ0v) is 14.8. The molecule has 2 heterocycles. The lowest BCUT2D eigenvalue weighted by Gasteiger charge is -2.16. The molecule has 1 aliphatic heterocycles. The van der Waals surface area contributed by atoms with Crippen molar-refractivity contribution in [3.63, 3.8) is 0 Å². The van der Waals surface area contributed by atoms with E-state index in [1.165, 1.54) is 4.90 Å². The van der Waals surface area contributed by atoms with Gasteiger partial charge in [0.05, 0.1) is 12.1 Å². The van der Waals surface area contributed by atoms with Gasteiger partial charge >= 0.3 is 6.18 Å². The Morgan fingerprint density at radius 1 is 1.35 bits per heavy atom. The highest BCUT2D eigenvalue weighted by Crippen LogP contribution is 2.35. The normalized spacial score (nSPS) is 17.6. The summed E-state index contributed by atoms with van der Waals surface area (Å²) in [5, 5.41) is 2.81. The molecule has 0 aliphatic carbocycles. The number of hydrogen-bond donors (Lipinski definition) is 1. The molecule has 5 nitrogen and oxygen atoms in total. The van der Waals surface area contributed by atoms with E-state index < -0.39 is 22.9 Å². The molecular weight excluding hydrogens is 391 g/mol. The molecular formula is C16H13ClF3N3O2S. The summed E-state index contributed by atoms with van der Waals surface area (Å²) in [5.41, 5.74) is 0.874. The summed E-state index contributed by atoms with van der Waals surface area (Å²) in [7, 11) is 0. The van der Waals surface area contributed by atoms with E-state index in [1.54, 1.807) is 24.3 Å². The average Bonchev–Trinajstić information content (AvgIpc) is 3.17. The van der Waals surface area contributed by atoms with E-state index in [0.29, 0.717) is 29.1 Å². The van der Waals surface area contributed by atoms with Crippen molar-refractivity contribution in [2.75, 3.05) is 11.9 Å². The van der Waals surface area contributed by atoms with Crippen molar-refractivity contribution in [2.45, 2.75) is 19.1 Å². The molecule has 1 atom stereocenters. The number of carbonyl (C=O) groups is 2. The van der Waals surface area contributed by atoms with Crippen LogP contribution in [0.15, 0.2) is 30.5 Å². The number of halogens is 4. The van der Waals surface area contributed by atoms with Gasteiger partial charge in [-0.05, 0) is 17.7 Å². The maximum absolute atomic E-state index is 12.6. The molecule has 0 saturated carbocycles. The number of amides is 2. The van der Waals surface area contributed by atoms with Crippen molar-refractivity contribution in [1.29, 1.82) is 0 Å². The summed E-state index contributed by atoms with van der Waals surface area (Å²) in [6.45, 7) is 0.542. The summed E-state index contributed by atoms with van der Waals surface area (Å²) >= 11 is 6.17. The van der Waals surface area contributed by atoms with E-state index >= 15 is 0 Å². The molecule has 1 aromatic heterocycles. The summed E-state index contributed by atoms with van der Waals surface area (Å²) < 4.78 is 37.7. The number of benzene rings is 1. The number of rotatable bonds is 4. The van der Waals surface area contributed by atoms with Gasteiger partial charge in [0.1, 0.15) is 4.88 Å². The van der Waals surface area contributed by atoms with Crippen molar-refractivity contribution in [1.82, 2.24) is 9.88 Å². The lowest BCUT2D eigenvalue weighted by molar-refractivity contribution is -0.134. The Balaban J connectivity index is 1.60. The van der Waals surface area contributed by atoms with Crippen LogP contribution in [-0.4, -0.2) is 28.2 Å². The van der Waals surface area contributed by atoms with Crippen molar-refractivity contribution in [3.05, 3.63) is 45.9 Å². The molecule has 1 saturated heterocycles. The Morgan fingerprint density at radius 2 is 2.04 bits per heavy atom. The zero-order valence-electron chi connectivity index (χ0n) is 13.2. The average molecular weight is 404 g/mol. The lowest BCUT2D eigenvalue weighted by Crippen LogP contribution is -2.28. The second kappa shape index (κ2) is 7.24. The highest BCUT2D eigenvalue weighted by molar-refractivity contribution is 7.15. The van der Waals surface area contributed by atoms with Crippen LogP contribution >= 0.6 is 22.9 Å². The molecule has 1 aliphatic rings. The van der Waals surface area contributed by atoms with Crippen LogP contribution in [0.1, 0.15) is 16.9 Å². The van der Waals surface area contributed by atoms with E-state index in [-0.39, 0.29) is 24.0 Å². The maximum Gasteiger partial charge on any atom is 0.427 e. The molecule has 0 bridgehead atoms. The third kappa shape index (κ3) is 4.34. The minimum Gasteiger partial charge on any atom is -0.338 e. The van der Waals surface area contributed by atoms with Gasteiger partial charge in [-0.25, -0.2) is 4.98 Å². The fraction of sp³-hybridized carbons (Fsp3) is 0.312. The maximum atomic E-state index is 12.6. The summed E-state index contributed by atoms with van der Waals surface area (Å²) in [6, 6.07) is 7.00. The molecule has 10 heteroatoms. The van der Waals surface area contributed by atoms with Gasteiger partial charge in [-0.2, -0.15) is 13.2 Å². The van der Waals surface area contributed by atoms with Crippen molar-refractivity contribution < 1.29 is 22.8 Å². The van der Waals surface area contributed by atoms with Crippen LogP contribution in [0.3, 0.4) is 0 Å². The van der Waals surface area contributed by atoms with Gasteiger partial charge in [-0.3, -0.25) is 9.59 Å². The van der Waals surface area contributed by atoms with Gasteiger partial charge < -0.3 is 10.2 Å². The molecule has 3 rings (SSSR count). The Morgan fingerprint density at radius 3 is 2.65 bits per heavy atom. The Hall–Kier alpha value is -2.13. The first-order chi connectivity index (χ1) is 12.2. The molecule has 1 unspecified atom stereocenters. The van der Waals surface area contributed by atoms with E-state index in [4.69, 9.17) is 11.6 Å².